The average Bonchev–Trinajstić information content (AvgIpc) is 2.71. The molecular formula is C19H24N4O3. The lowest BCUT2D eigenvalue weighted by Gasteiger charge is -2.40. The maximum atomic E-state index is 13.1. The molecule has 3 heterocycles. The minimum atomic E-state index is -0.179. The van der Waals surface area contributed by atoms with Crippen molar-refractivity contribution in [3.05, 3.63) is 40.3 Å². The summed E-state index contributed by atoms with van der Waals surface area (Å²) in [6, 6.07) is 7.76. The zero-order chi connectivity index (χ0) is 18.1. The highest BCUT2D eigenvalue weighted by Gasteiger charge is 2.29. The molecule has 0 saturated carbocycles. The molecule has 0 spiro atoms. The van der Waals surface area contributed by atoms with Gasteiger partial charge in [0.1, 0.15) is 0 Å². The first-order valence-electron chi connectivity index (χ1n) is 9.22. The summed E-state index contributed by atoms with van der Waals surface area (Å²) in [7, 11) is 1.59. The van der Waals surface area contributed by atoms with Gasteiger partial charge in [0.15, 0.2) is 5.69 Å². The van der Waals surface area contributed by atoms with E-state index in [4.69, 9.17) is 4.74 Å². The van der Waals surface area contributed by atoms with Crippen molar-refractivity contribution in [1.82, 2.24) is 19.6 Å². The van der Waals surface area contributed by atoms with Crippen LogP contribution in [-0.4, -0.2) is 70.9 Å². The number of aryl methyl sites for hydroxylation is 1. The molecule has 1 aromatic heterocycles. The molecule has 0 radical (unpaired) electrons. The van der Waals surface area contributed by atoms with Crippen LogP contribution >= 0.6 is 0 Å². The Bertz CT molecular complexity index is 865. The fourth-order valence-electron chi connectivity index (χ4n) is 3.95. The van der Waals surface area contributed by atoms with Gasteiger partial charge >= 0.3 is 0 Å². The molecule has 0 bridgehead atoms. The van der Waals surface area contributed by atoms with Gasteiger partial charge in [-0.2, -0.15) is 5.10 Å². The minimum absolute atomic E-state index is 0.0940. The second-order valence-electron chi connectivity index (χ2n) is 6.99. The number of benzene rings is 1. The van der Waals surface area contributed by atoms with E-state index in [9.17, 15) is 9.59 Å². The lowest BCUT2D eigenvalue weighted by Crippen LogP contribution is -2.53. The van der Waals surface area contributed by atoms with Gasteiger partial charge in [-0.25, -0.2) is 4.68 Å². The van der Waals surface area contributed by atoms with E-state index in [-0.39, 0.29) is 11.5 Å². The van der Waals surface area contributed by atoms with Crippen LogP contribution < -0.4 is 5.56 Å². The van der Waals surface area contributed by atoms with Crippen molar-refractivity contribution >= 4 is 16.7 Å². The Labute approximate surface area is 152 Å². The highest BCUT2D eigenvalue weighted by atomic mass is 16.5. The first-order valence-corrected chi connectivity index (χ1v) is 9.22. The van der Waals surface area contributed by atoms with Crippen LogP contribution in [0.2, 0.25) is 0 Å². The second kappa shape index (κ2) is 7.17. The zero-order valence-electron chi connectivity index (χ0n) is 15.1. The molecule has 7 nitrogen and oxygen atoms in total. The number of nitrogens with zero attached hydrogens (tertiary/aromatic N) is 4. The van der Waals surface area contributed by atoms with Crippen LogP contribution in [-0.2, 0) is 11.8 Å². The van der Waals surface area contributed by atoms with E-state index in [2.05, 4.69) is 10.00 Å². The molecule has 0 N–H and O–H groups in total. The largest absolute Gasteiger partial charge is 0.381 e. The lowest BCUT2D eigenvalue weighted by atomic mass is 10.1. The molecule has 2 aliphatic rings. The first-order chi connectivity index (χ1) is 12.6. The molecular weight excluding hydrogens is 332 g/mol. The van der Waals surface area contributed by atoms with E-state index >= 15 is 0 Å². The standard InChI is InChI=1S/C19H24N4O3/c1-21-18(24)16-5-3-2-4-15(16)17(20-21)19(25)23-10-8-22(9-11-23)14-6-12-26-13-7-14/h2-5,14H,6-13H2,1H3. The third kappa shape index (κ3) is 3.12. The number of carbonyl (C=O) groups excluding carboxylic acids is 1. The van der Waals surface area contributed by atoms with E-state index in [0.717, 1.165) is 39.1 Å². The smallest absolute Gasteiger partial charge is 0.275 e. The number of carbonyl (C=O) groups is 1. The molecule has 0 atom stereocenters. The number of fused-ring (bicyclic) bond motifs is 1. The minimum Gasteiger partial charge on any atom is -0.381 e. The molecule has 2 aliphatic heterocycles. The number of hydrogen-bond donors (Lipinski definition) is 0. The van der Waals surface area contributed by atoms with Gasteiger partial charge in [0.25, 0.3) is 11.5 Å². The molecule has 2 fully saturated rings. The summed E-state index contributed by atoms with van der Waals surface area (Å²) in [6.07, 6.45) is 2.14. The Kier molecular flexibility index (Phi) is 4.74. The van der Waals surface area contributed by atoms with Crippen LogP contribution in [0.25, 0.3) is 10.8 Å². The summed E-state index contributed by atoms with van der Waals surface area (Å²) in [6.45, 7) is 4.79. The van der Waals surface area contributed by atoms with Gasteiger partial charge in [-0.05, 0) is 18.9 Å². The maximum absolute atomic E-state index is 13.1. The normalized spacial score (nSPS) is 19.8. The number of aromatic nitrogens is 2. The Hall–Kier alpha value is -2.25. The fourth-order valence-corrected chi connectivity index (χ4v) is 3.95. The summed E-state index contributed by atoms with van der Waals surface area (Å²) < 4.78 is 6.70. The molecule has 1 aromatic carbocycles. The molecule has 138 valence electrons. The molecule has 0 aliphatic carbocycles. The molecule has 2 aromatic rings. The summed E-state index contributed by atoms with van der Waals surface area (Å²) in [5.41, 5.74) is 0.184. The topological polar surface area (TPSA) is 67.7 Å². The average molecular weight is 356 g/mol. The zero-order valence-corrected chi connectivity index (χ0v) is 15.1. The van der Waals surface area contributed by atoms with Crippen molar-refractivity contribution in [2.24, 2.45) is 7.05 Å². The van der Waals surface area contributed by atoms with Crippen molar-refractivity contribution in [3.63, 3.8) is 0 Å². The first kappa shape index (κ1) is 17.2. The number of ether oxygens (including phenoxy) is 1. The fraction of sp³-hybridized carbons (Fsp3) is 0.526. The third-order valence-electron chi connectivity index (χ3n) is 5.47. The predicted octanol–water partition coefficient (Wildman–Crippen LogP) is 0.870. The van der Waals surface area contributed by atoms with Gasteiger partial charge in [-0.3, -0.25) is 14.5 Å². The molecule has 0 unspecified atom stereocenters. The third-order valence-corrected chi connectivity index (χ3v) is 5.47. The van der Waals surface area contributed by atoms with Crippen molar-refractivity contribution in [3.8, 4) is 0 Å². The summed E-state index contributed by atoms with van der Waals surface area (Å²) in [5.74, 6) is -0.0940. The van der Waals surface area contributed by atoms with Gasteiger partial charge in [-0.1, -0.05) is 18.2 Å². The van der Waals surface area contributed by atoms with Crippen LogP contribution in [0.1, 0.15) is 23.3 Å². The Morgan fingerprint density at radius 1 is 1.08 bits per heavy atom. The SMILES string of the molecule is Cn1nc(C(=O)N2CCN(C3CCOCC3)CC2)c2ccccc2c1=O. The van der Waals surface area contributed by atoms with Gasteiger partial charge in [-0.15, -0.1) is 0 Å². The summed E-state index contributed by atoms with van der Waals surface area (Å²) in [5, 5.41) is 5.44. The Morgan fingerprint density at radius 2 is 1.73 bits per heavy atom. The Balaban J connectivity index is 1.53. The van der Waals surface area contributed by atoms with Gasteiger partial charge in [0.05, 0.1) is 5.39 Å². The molecule has 1 amide bonds. The van der Waals surface area contributed by atoms with E-state index in [0.29, 0.717) is 35.6 Å². The van der Waals surface area contributed by atoms with Crippen molar-refractivity contribution in [2.75, 3.05) is 39.4 Å². The van der Waals surface area contributed by atoms with E-state index in [1.165, 1.54) is 4.68 Å². The van der Waals surface area contributed by atoms with Gasteiger partial charge in [0, 0.05) is 57.9 Å². The monoisotopic (exact) mass is 356 g/mol. The van der Waals surface area contributed by atoms with E-state index in [1.807, 2.05) is 17.0 Å². The van der Waals surface area contributed by atoms with Gasteiger partial charge in [0.2, 0.25) is 0 Å². The van der Waals surface area contributed by atoms with Crippen LogP contribution in [0.15, 0.2) is 29.1 Å². The molecule has 4 rings (SSSR count). The highest BCUT2D eigenvalue weighted by molar-refractivity contribution is 6.04. The van der Waals surface area contributed by atoms with Crippen molar-refractivity contribution in [1.29, 1.82) is 0 Å². The molecule has 2 saturated heterocycles. The maximum Gasteiger partial charge on any atom is 0.275 e. The van der Waals surface area contributed by atoms with Crippen molar-refractivity contribution in [2.45, 2.75) is 18.9 Å². The predicted molar refractivity (Wildman–Crippen MR) is 98.3 cm³/mol. The summed E-state index contributed by atoms with van der Waals surface area (Å²) >= 11 is 0. The quantitative estimate of drug-likeness (QED) is 0.799. The number of rotatable bonds is 2. The van der Waals surface area contributed by atoms with Crippen LogP contribution in [0.4, 0.5) is 0 Å². The highest BCUT2D eigenvalue weighted by Crippen LogP contribution is 2.19. The molecule has 26 heavy (non-hydrogen) atoms. The lowest BCUT2D eigenvalue weighted by molar-refractivity contribution is 0.0136. The number of amides is 1. The number of piperazine rings is 1. The second-order valence-corrected chi connectivity index (χ2v) is 6.99. The molecule has 7 heteroatoms. The van der Waals surface area contributed by atoms with E-state index in [1.54, 1.807) is 19.2 Å². The van der Waals surface area contributed by atoms with Crippen LogP contribution in [0.5, 0.6) is 0 Å². The van der Waals surface area contributed by atoms with Crippen LogP contribution in [0, 0.1) is 0 Å². The Morgan fingerprint density at radius 3 is 2.42 bits per heavy atom. The van der Waals surface area contributed by atoms with Gasteiger partial charge < -0.3 is 9.64 Å². The summed E-state index contributed by atoms with van der Waals surface area (Å²) in [4.78, 5) is 29.7. The van der Waals surface area contributed by atoms with E-state index < -0.39 is 0 Å². The number of hydrogen-bond acceptors (Lipinski definition) is 5. The van der Waals surface area contributed by atoms with Crippen LogP contribution in [0.3, 0.4) is 0 Å². The van der Waals surface area contributed by atoms with Crippen molar-refractivity contribution < 1.29 is 9.53 Å².